The molecule has 6 unspecified atom stereocenters. The van der Waals surface area contributed by atoms with E-state index < -0.39 is 0 Å². The number of nitrogens with zero attached hydrogens (tertiary/aromatic N) is 5. The van der Waals surface area contributed by atoms with Crippen molar-refractivity contribution in [3.8, 4) is 0 Å². The summed E-state index contributed by atoms with van der Waals surface area (Å²) in [5.74, 6) is 8.79. The molecule has 12 bridgehead atoms. The van der Waals surface area contributed by atoms with E-state index in [4.69, 9.17) is 9.97 Å². The van der Waals surface area contributed by atoms with E-state index in [1.165, 1.54) is 170 Å². The van der Waals surface area contributed by atoms with E-state index in [1.54, 1.807) is 55.6 Å². The van der Waals surface area contributed by atoms with Gasteiger partial charge in [0.2, 0.25) is 0 Å². The van der Waals surface area contributed by atoms with Crippen molar-refractivity contribution < 1.29 is 0 Å². The fourth-order valence-electron chi connectivity index (χ4n) is 19.5. The number of hydrogen-bond acceptors (Lipinski definition) is 5. The van der Waals surface area contributed by atoms with Crippen LogP contribution in [0.15, 0.2) is 0 Å². The Morgan fingerprint density at radius 1 is 0.312 bits per heavy atom. The molecule has 0 amide bonds. The van der Waals surface area contributed by atoms with Crippen molar-refractivity contribution in [3.05, 3.63) is 89.5 Å². The highest BCUT2D eigenvalue weighted by atomic mass is 15.2. The number of aromatic nitrogens is 2. The lowest BCUT2D eigenvalue weighted by molar-refractivity contribution is -0.122. The Kier molecular flexibility index (Phi) is 9.24. The van der Waals surface area contributed by atoms with Gasteiger partial charge >= 0.3 is 0 Å². The van der Waals surface area contributed by atoms with Gasteiger partial charge in [-0.15, -0.1) is 0 Å². The molecule has 5 heteroatoms. The molecule has 9 saturated heterocycles. The number of aryl methyl sites for hydroxylation is 3. The van der Waals surface area contributed by atoms with Gasteiger partial charge in [-0.05, 0) is 283 Å². The highest BCUT2D eigenvalue weighted by Crippen LogP contribution is 2.63. The zero-order valence-corrected chi connectivity index (χ0v) is 41.8. The molecular formula is C59H81N5. The molecular weight excluding hydrogens is 779 g/mol. The third-order valence-corrected chi connectivity index (χ3v) is 23.3. The van der Waals surface area contributed by atoms with Crippen LogP contribution < -0.4 is 0 Å². The van der Waals surface area contributed by atoms with Gasteiger partial charge in [0.05, 0.1) is 0 Å². The van der Waals surface area contributed by atoms with Gasteiger partial charge in [0.1, 0.15) is 0 Å². The van der Waals surface area contributed by atoms with Crippen molar-refractivity contribution in [3.63, 3.8) is 0 Å². The van der Waals surface area contributed by atoms with E-state index in [1.807, 2.05) is 0 Å². The predicted molar refractivity (Wildman–Crippen MR) is 260 cm³/mol. The minimum Gasteiger partial charge on any atom is -0.302 e. The molecule has 1 aromatic carbocycles. The highest BCUT2D eigenvalue weighted by Gasteiger charge is 2.61. The van der Waals surface area contributed by atoms with Crippen LogP contribution in [0, 0.1) is 139 Å². The molecule has 12 fully saturated rings. The summed E-state index contributed by atoms with van der Waals surface area (Å²) in [5.41, 5.74) is 26.3. The van der Waals surface area contributed by atoms with Crippen LogP contribution in [0.2, 0.25) is 0 Å². The SMILES string of the molecule is Cc1c(C)c(C)c2c(c1C)CC1(C2)C2CC3CC1CN(C3)C2.Cc1nc(C)c2c(c1C)CC1(C2)C2CC3CC1CN(C3)C2.Cc1nc2c(c(C)c1C)CC1(C2)C2CC3CC1CN(C3)C2. The minimum atomic E-state index is 0.577. The molecule has 6 aliphatic carbocycles. The van der Waals surface area contributed by atoms with E-state index >= 15 is 0 Å². The topological polar surface area (TPSA) is 35.5 Å². The van der Waals surface area contributed by atoms with Crippen LogP contribution in [0.4, 0.5) is 0 Å². The fourth-order valence-corrected chi connectivity index (χ4v) is 19.5. The molecule has 11 heterocycles. The Morgan fingerprint density at radius 3 is 1.05 bits per heavy atom. The molecule has 0 N–H and O–H groups in total. The van der Waals surface area contributed by atoms with Crippen molar-refractivity contribution in [2.45, 2.75) is 146 Å². The van der Waals surface area contributed by atoms with Gasteiger partial charge in [-0.1, -0.05) is 0 Å². The Labute approximate surface area is 387 Å². The summed E-state index contributed by atoms with van der Waals surface area (Å²) in [7, 11) is 0. The van der Waals surface area contributed by atoms with Crippen LogP contribution in [0.1, 0.15) is 128 Å². The number of piperidine rings is 9. The van der Waals surface area contributed by atoms with Gasteiger partial charge in [-0.3, -0.25) is 9.97 Å². The standard InChI is InChI=1S/C21H29N.2C19H26N2/c1-12-13(2)15(4)20-8-21(7-19(20)14(12)3)17-5-16-6-18(21)11-22(9-16)10-17;1-11-12(2)20-13(3)18-7-19(6-17(11)18)15-4-14-5-16(19)10-21(8-14)9-15;1-11-12(2)17-6-19(7-18(17)20-13(11)3)15-4-14-5-16(19)10-21(8-14)9-15/h16-18H,5-11H2,1-4H3;2*14-16H,4-10H2,1-3H3. The maximum absolute atomic E-state index is 5.01. The van der Waals surface area contributed by atoms with Gasteiger partial charge in [-0.25, -0.2) is 0 Å². The van der Waals surface area contributed by atoms with Crippen LogP contribution >= 0.6 is 0 Å². The molecule has 3 saturated carbocycles. The van der Waals surface area contributed by atoms with Crippen LogP contribution in [-0.2, 0) is 38.5 Å². The third-order valence-electron chi connectivity index (χ3n) is 23.3. The van der Waals surface area contributed by atoms with Crippen molar-refractivity contribution >= 4 is 0 Å². The minimum absolute atomic E-state index is 0.577. The summed E-state index contributed by atoms with van der Waals surface area (Å²) in [4.78, 5) is 18.2. The molecule has 9 aliphatic heterocycles. The van der Waals surface area contributed by atoms with Gasteiger partial charge in [0, 0.05) is 81.7 Å². The summed E-state index contributed by atoms with van der Waals surface area (Å²) in [6.07, 6.45) is 17.1. The summed E-state index contributed by atoms with van der Waals surface area (Å²) in [6.45, 7) is 35.5. The molecule has 18 rings (SSSR count). The average Bonchev–Trinajstić information content (AvgIpc) is 3.99. The van der Waals surface area contributed by atoms with Crippen LogP contribution in [0.5, 0.6) is 0 Å². The van der Waals surface area contributed by atoms with Crippen molar-refractivity contribution in [2.75, 3.05) is 58.9 Å². The van der Waals surface area contributed by atoms with E-state index in [0.717, 1.165) is 53.3 Å². The second kappa shape index (κ2) is 14.2. The summed E-state index contributed by atoms with van der Waals surface area (Å²) in [5, 5.41) is 0. The normalized spacial score (nSPS) is 40.8. The van der Waals surface area contributed by atoms with Gasteiger partial charge in [0.25, 0.3) is 0 Å². The van der Waals surface area contributed by atoms with Gasteiger partial charge in [0.15, 0.2) is 0 Å². The molecule has 0 radical (unpaired) electrons. The Bertz CT molecular complexity index is 2350. The zero-order valence-electron chi connectivity index (χ0n) is 41.8. The van der Waals surface area contributed by atoms with E-state index in [9.17, 15) is 0 Å². The molecule has 64 heavy (non-hydrogen) atoms. The maximum Gasteiger partial charge on any atom is 0.0447 e. The second-order valence-electron chi connectivity index (χ2n) is 25.8. The Hall–Kier alpha value is -2.60. The lowest BCUT2D eigenvalue weighted by Crippen LogP contribution is -2.63. The van der Waals surface area contributed by atoms with Crippen LogP contribution in [0.3, 0.4) is 0 Å². The summed E-state index contributed by atoms with van der Waals surface area (Å²) in [6, 6.07) is 0. The number of benzene rings is 1. The zero-order chi connectivity index (χ0) is 43.9. The second-order valence-corrected chi connectivity index (χ2v) is 25.8. The number of rotatable bonds is 0. The Morgan fingerprint density at radius 2 is 0.641 bits per heavy atom. The third kappa shape index (κ3) is 5.77. The summed E-state index contributed by atoms with van der Waals surface area (Å²) < 4.78 is 0. The maximum atomic E-state index is 5.01. The highest BCUT2D eigenvalue weighted by molar-refractivity contribution is 5.54. The lowest BCUT2D eigenvalue weighted by atomic mass is 9.52. The molecule has 2 aromatic heterocycles. The first-order valence-electron chi connectivity index (χ1n) is 26.8. The van der Waals surface area contributed by atoms with Crippen molar-refractivity contribution in [1.29, 1.82) is 0 Å². The first-order valence-corrected chi connectivity index (χ1v) is 26.8. The summed E-state index contributed by atoms with van der Waals surface area (Å²) >= 11 is 0. The van der Waals surface area contributed by atoms with Crippen molar-refractivity contribution in [1.82, 2.24) is 24.7 Å². The van der Waals surface area contributed by atoms with Gasteiger partial charge in [-0.2, -0.15) is 0 Å². The smallest absolute Gasteiger partial charge is 0.0447 e. The lowest BCUT2D eigenvalue weighted by Gasteiger charge is -2.61. The van der Waals surface area contributed by atoms with Gasteiger partial charge < -0.3 is 14.7 Å². The first-order chi connectivity index (χ1) is 30.6. The van der Waals surface area contributed by atoms with E-state index in [-0.39, 0.29) is 0 Å². The number of pyridine rings is 2. The molecule has 3 spiro atoms. The number of hydrogen-bond donors (Lipinski definition) is 0. The molecule has 15 aliphatic rings. The van der Waals surface area contributed by atoms with Crippen LogP contribution in [-0.4, -0.2) is 83.6 Å². The predicted octanol–water partition coefficient (Wildman–Crippen LogP) is 10.1. The van der Waals surface area contributed by atoms with E-state index in [0.29, 0.717) is 16.2 Å². The average molecular weight is 860 g/mol. The monoisotopic (exact) mass is 860 g/mol. The largest absolute Gasteiger partial charge is 0.302 e. The fraction of sp³-hybridized carbons (Fsp3) is 0.729. The van der Waals surface area contributed by atoms with Crippen molar-refractivity contribution in [2.24, 2.45) is 69.5 Å². The quantitative estimate of drug-likeness (QED) is 0.225. The van der Waals surface area contributed by atoms with E-state index in [2.05, 4.69) is 83.9 Å². The molecule has 5 nitrogen and oxygen atoms in total. The molecule has 342 valence electrons. The molecule has 6 atom stereocenters. The van der Waals surface area contributed by atoms with Crippen LogP contribution in [0.25, 0.3) is 0 Å². The number of fused-ring (bicyclic) bond motifs is 3. The Balaban J connectivity index is 0.0000000967. The first kappa shape index (κ1) is 41.6. The molecule has 3 aromatic rings.